The van der Waals surface area contributed by atoms with Gasteiger partial charge in [0.25, 0.3) is 5.91 Å². The van der Waals surface area contributed by atoms with Crippen LogP contribution in [0.4, 0.5) is 10.5 Å². The topological polar surface area (TPSA) is 154 Å². The van der Waals surface area contributed by atoms with Gasteiger partial charge in [-0.25, -0.2) is 18.4 Å². The number of ether oxygens (including phenoxy) is 2. The van der Waals surface area contributed by atoms with Crippen molar-refractivity contribution in [2.75, 3.05) is 11.9 Å². The highest BCUT2D eigenvalue weighted by Crippen LogP contribution is 2.14. The number of carbonyl (C=O) groups excluding carboxylic acids is 3. The highest BCUT2D eigenvalue weighted by atomic mass is 32.2. The maximum Gasteiger partial charge on any atom is 0.407 e. The summed E-state index contributed by atoms with van der Waals surface area (Å²) in [7, 11) is -3.91. The fourth-order valence-electron chi connectivity index (χ4n) is 1.89. The van der Waals surface area contributed by atoms with Gasteiger partial charge >= 0.3 is 12.1 Å². The fourth-order valence-corrected chi connectivity index (χ4v) is 2.44. The van der Waals surface area contributed by atoms with Gasteiger partial charge in [0.2, 0.25) is 10.0 Å². The van der Waals surface area contributed by atoms with Crippen molar-refractivity contribution in [2.24, 2.45) is 5.14 Å². The van der Waals surface area contributed by atoms with Crippen molar-refractivity contribution in [1.29, 1.82) is 0 Å². The van der Waals surface area contributed by atoms with Gasteiger partial charge in [0, 0.05) is 12.2 Å². The first-order valence-corrected chi connectivity index (χ1v) is 9.92. The molecule has 0 saturated carbocycles. The van der Waals surface area contributed by atoms with Crippen LogP contribution < -0.4 is 15.8 Å². The second kappa shape index (κ2) is 9.51. The molecule has 0 spiro atoms. The lowest BCUT2D eigenvalue weighted by Crippen LogP contribution is -2.35. The second-order valence-electron chi connectivity index (χ2n) is 6.87. The van der Waals surface area contributed by atoms with Gasteiger partial charge in [-0.05, 0) is 45.9 Å². The SMILES string of the molecule is CC(OC(=O)CCNC(=O)OC(C)(C)C)C(=O)Nc1cccc(S(N)(=O)=O)c1. The number of hydrogen-bond acceptors (Lipinski definition) is 7. The van der Waals surface area contributed by atoms with Crippen LogP contribution in [-0.4, -0.2) is 44.6 Å². The zero-order chi connectivity index (χ0) is 21.5. The van der Waals surface area contributed by atoms with Crippen molar-refractivity contribution in [3.63, 3.8) is 0 Å². The Morgan fingerprint density at radius 1 is 1.21 bits per heavy atom. The number of carbonyl (C=O) groups is 3. The number of esters is 1. The summed E-state index contributed by atoms with van der Waals surface area (Å²) in [4.78, 5) is 35.2. The molecular formula is C17H25N3O7S. The number of hydrogen-bond donors (Lipinski definition) is 3. The zero-order valence-electron chi connectivity index (χ0n) is 16.1. The number of primary sulfonamides is 1. The first kappa shape index (κ1) is 23.4. The molecule has 0 heterocycles. The molecule has 4 N–H and O–H groups in total. The molecule has 28 heavy (non-hydrogen) atoms. The van der Waals surface area contributed by atoms with Crippen LogP contribution in [0.15, 0.2) is 29.2 Å². The molecule has 0 aliphatic rings. The Bertz CT molecular complexity index is 831. The predicted molar refractivity (Wildman–Crippen MR) is 101 cm³/mol. The lowest BCUT2D eigenvalue weighted by atomic mass is 10.2. The Balaban J connectivity index is 2.48. The van der Waals surface area contributed by atoms with Gasteiger partial charge in [-0.15, -0.1) is 0 Å². The zero-order valence-corrected chi connectivity index (χ0v) is 17.0. The summed E-state index contributed by atoms with van der Waals surface area (Å²) in [5.74, 6) is -1.35. The molecule has 0 aliphatic heterocycles. The van der Waals surface area contributed by atoms with E-state index in [0.29, 0.717) is 0 Å². The molecule has 0 aromatic heterocycles. The van der Waals surface area contributed by atoms with Gasteiger partial charge in [0.15, 0.2) is 6.10 Å². The summed E-state index contributed by atoms with van der Waals surface area (Å²) < 4.78 is 32.7. The van der Waals surface area contributed by atoms with Crippen molar-refractivity contribution < 1.29 is 32.3 Å². The highest BCUT2D eigenvalue weighted by Gasteiger charge is 2.20. The van der Waals surface area contributed by atoms with Gasteiger partial charge in [-0.1, -0.05) is 6.07 Å². The molecule has 0 aliphatic carbocycles. The average Bonchev–Trinajstić information content (AvgIpc) is 2.52. The van der Waals surface area contributed by atoms with Crippen LogP contribution in [0.1, 0.15) is 34.1 Å². The van der Waals surface area contributed by atoms with E-state index in [1.54, 1.807) is 20.8 Å². The summed E-state index contributed by atoms with van der Waals surface area (Å²) in [6, 6.07) is 5.35. The van der Waals surface area contributed by atoms with Crippen LogP contribution in [-0.2, 0) is 29.1 Å². The third kappa shape index (κ3) is 8.82. The van der Waals surface area contributed by atoms with E-state index in [1.807, 2.05) is 0 Å². The van der Waals surface area contributed by atoms with Crippen LogP contribution in [0.2, 0.25) is 0 Å². The van der Waals surface area contributed by atoms with Crippen molar-refractivity contribution in [2.45, 2.75) is 50.7 Å². The lowest BCUT2D eigenvalue weighted by molar-refractivity contribution is -0.153. The Hall–Kier alpha value is -2.66. The summed E-state index contributed by atoms with van der Waals surface area (Å²) in [5.41, 5.74) is -0.469. The van der Waals surface area contributed by atoms with Crippen LogP contribution in [0, 0.1) is 0 Å². The first-order valence-electron chi connectivity index (χ1n) is 8.38. The Kier molecular flexibility index (Phi) is 7.94. The van der Waals surface area contributed by atoms with Crippen molar-refractivity contribution in [3.8, 4) is 0 Å². The number of benzene rings is 1. The molecule has 11 heteroatoms. The predicted octanol–water partition coefficient (Wildman–Crippen LogP) is 1.12. The molecule has 156 valence electrons. The molecule has 10 nitrogen and oxygen atoms in total. The summed E-state index contributed by atoms with van der Waals surface area (Å²) in [6.45, 7) is 6.47. The molecule has 0 fully saturated rings. The standard InChI is InChI=1S/C17H25N3O7S/c1-11(26-14(21)8-9-19-16(23)27-17(2,3)4)15(22)20-12-6-5-7-13(10-12)28(18,24)25/h5-7,10-11H,8-9H2,1-4H3,(H,19,23)(H,20,22)(H2,18,24,25). The highest BCUT2D eigenvalue weighted by molar-refractivity contribution is 7.89. The third-order valence-corrected chi connectivity index (χ3v) is 4.02. The minimum absolute atomic E-state index is 0.0154. The van der Waals surface area contributed by atoms with E-state index >= 15 is 0 Å². The maximum absolute atomic E-state index is 12.1. The van der Waals surface area contributed by atoms with Crippen molar-refractivity contribution in [1.82, 2.24) is 5.32 Å². The second-order valence-corrected chi connectivity index (χ2v) is 8.43. The molecule has 1 aromatic rings. The monoisotopic (exact) mass is 415 g/mol. The van der Waals surface area contributed by atoms with E-state index in [-0.39, 0.29) is 23.5 Å². The van der Waals surface area contributed by atoms with E-state index in [9.17, 15) is 22.8 Å². The molecule has 1 atom stereocenters. The van der Waals surface area contributed by atoms with E-state index in [2.05, 4.69) is 10.6 Å². The van der Waals surface area contributed by atoms with E-state index in [1.165, 1.54) is 31.2 Å². The number of nitrogens with two attached hydrogens (primary N) is 1. The van der Waals surface area contributed by atoms with Crippen LogP contribution in [0.3, 0.4) is 0 Å². The van der Waals surface area contributed by atoms with E-state index in [4.69, 9.17) is 14.6 Å². The molecule has 0 bridgehead atoms. The molecule has 2 amide bonds. The number of amides is 2. The van der Waals surface area contributed by atoms with Gasteiger partial charge in [-0.3, -0.25) is 9.59 Å². The van der Waals surface area contributed by atoms with Gasteiger partial charge in [0.1, 0.15) is 5.60 Å². The van der Waals surface area contributed by atoms with Crippen LogP contribution in [0.25, 0.3) is 0 Å². The number of nitrogens with one attached hydrogen (secondary N) is 2. The minimum Gasteiger partial charge on any atom is -0.452 e. The molecule has 0 saturated heterocycles. The normalized spacial score (nSPS) is 12.6. The van der Waals surface area contributed by atoms with Crippen molar-refractivity contribution in [3.05, 3.63) is 24.3 Å². The molecule has 1 unspecified atom stereocenters. The summed E-state index contributed by atoms with van der Waals surface area (Å²) in [5, 5.41) is 9.87. The molecular weight excluding hydrogens is 390 g/mol. The van der Waals surface area contributed by atoms with Gasteiger partial charge in [-0.2, -0.15) is 0 Å². The fraction of sp³-hybridized carbons (Fsp3) is 0.471. The quantitative estimate of drug-likeness (QED) is 0.564. The third-order valence-electron chi connectivity index (χ3n) is 3.10. The van der Waals surface area contributed by atoms with E-state index in [0.717, 1.165) is 0 Å². The molecule has 1 aromatic carbocycles. The Labute approximate surface area is 163 Å². The summed E-state index contributed by atoms with van der Waals surface area (Å²) in [6.07, 6.45) is -1.95. The van der Waals surface area contributed by atoms with Crippen LogP contribution in [0.5, 0.6) is 0 Å². The Morgan fingerprint density at radius 3 is 2.43 bits per heavy atom. The lowest BCUT2D eigenvalue weighted by Gasteiger charge is -2.19. The largest absolute Gasteiger partial charge is 0.452 e. The number of sulfonamides is 1. The number of rotatable bonds is 7. The minimum atomic E-state index is -3.91. The van der Waals surface area contributed by atoms with E-state index < -0.39 is 39.7 Å². The van der Waals surface area contributed by atoms with Gasteiger partial charge < -0.3 is 20.1 Å². The maximum atomic E-state index is 12.1. The summed E-state index contributed by atoms with van der Waals surface area (Å²) >= 11 is 0. The number of anilines is 1. The molecule has 1 rings (SSSR count). The number of alkyl carbamates (subject to hydrolysis) is 1. The van der Waals surface area contributed by atoms with Gasteiger partial charge in [0.05, 0.1) is 11.3 Å². The molecule has 0 radical (unpaired) electrons. The van der Waals surface area contributed by atoms with Crippen LogP contribution >= 0.6 is 0 Å². The van der Waals surface area contributed by atoms with Crippen molar-refractivity contribution >= 4 is 33.7 Å². The smallest absolute Gasteiger partial charge is 0.407 e. The Morgan fingerprint density at radius 2 is 1.86 bits per heavy atom. The first-order chi connectivity index (χ1) is 12.8. The average molecular weight is 415 g/mol.